The highest BCUT2D eigenvalue weighted by atomic mass is 19.2. The van der Waals surface area contributed by atoms with Gasteiger partial charge in [0.25, 0.3) is 0 Å². The molecule has 164 valence electrons. The maximum atomic E-state index is 14.1. The molecule has 0 spiro atoms. The van der Waals surface area contributed by atoms with Gasteiger partial charge in [-0.15, -0.1) is 0 Å². The van der Waals surface area contributed by atoms with Crippen LogP contribution in [0.5, 0.6) is 11.5 Å². The smallest absolute Gasteiger partial charge is 0.185 e. The third-order valence-corrected chi connectivity index (χ3v) is 4.80. The summed E-state index contributed by atoms with van der Waals surface area (Å²) in [6.45, 7) is 1.86. The number of nitrogens with zero attached hydrogens (tertiary/aromatic N) is 4. The quantitative estimate of drug-likeness (QED) is 0.436. The highest BCUT2D eigenvalue weighted by molar-refractivity contribution is 5.62. The number of aromatic nitrogens is 4. The zero-order valence-corrected chi connectivity index (χ0v) is 17.6. The van der Waals surface area contributed by atoms with Crippen LogP contribution in [0, 0.1) is 24.4 Å². The molecule has 0 amide bonds. The summed E-state index contributed by atoms with van der Waals surface area (Å²) in [5.41, 5.74) is 2.12. The van der Waals surface area contributed by atoms with Crippen molar-refractivity contribution < 1.29 is 22.6 Å². The fourth-order valence-corrected chi connectivity index (χ4v) is 3.25. The Kier molecular flexibility index (Phi) is 5.81. The van der Waals surface area contributed by atoms with Crippen LogP contribution in [0.4, 0.5) is 13.2 Å². The molecule has 9 heteroatoms. The first-order valence-electron chi connectivity index (χ1n) is 9.64. The molecule has 6 nitrogen and oxygen atoms in total. The summed E-state index contributed by atoms with van der Waals surface area (Å²) in [4.78, 5) is 8.96. The molecule has 0 fully saturated rings. The minimum Gasteiger partial charge on any atom is -0.494 e. The molecule has 0 radical (unpaired) electrons. The van der Waals surface area contributed by atoms with Crippen LogP contribution in [-0.4, -0.2) is 34.0 Å². The average molecular weight is 440 g/mol. The molecule has 4 aromatic rings. The van der Waals surface area contributed by atoms with Crippen LogP contribution in [-0.2, 0) is 6.42 Å². The SMILES string of the molecule is COc1ccc(Cc2nc(-c3ncc(C)cc3OC)n(-c3ccc(F)c(F)c3)n2)cc1F. The number of benzene rings is 2. The Balaban J connectivity index is 1.83. The topological polar surface area (TPSA) is 62.1 Å². The van der Waals surface area contributed by atoms with Crippen molar-refractivity contribution in [2.24, 2.45) is 0 Å². The number of hydrogen-bond acceptors (Lipinski definition) is 5. The van der Waals surface area contributed by atoms with Gasteiger partial charge in [0.05, 0.1) is 19.9 Å². The van der Waals surface area contributed by atoms with E-state index in [0.717, 1.165) is 17.7 Å². The van der Waals surface area contributed by atoms with E-state index in [-0.39, 0.29) is 23.7 Å². The summed E-state index contributed by atoms with van der Waals surface area (Å²) < 4.78 is 53.3. The van der Waals surface area contributed by atoms with Gasteiger partial charge in [0.1, 0.15) is 11.4 Å². The van der Waals surface area contributed by atoms with Gasteiger partial charge in [0.15, 0.2) is 34.8 Å². The largest absolute Gasteiger partial charge is 0.494 e. The highest BCUT2D eigenvalue weighted by Gasteiger charge is 2.20. The fourth-order valence-electron chi connectivity index (χ4n) is 3.25. The fraction of sp³-hybridized carbons (Fsp3) is 0.174. The highest BCUT2D eigenvalue weighted by Crippen LogP contribution is 2.30. The zero-order valence-electron chi connectivity index (χ0n) is 17.6. The number of hydrogen-bond donors (Lipinski definition) is 0. The molecule has 0 N–H and O–H groups in total. The standard InChI is InChI=1S/C23H19F3N4O2/c1-13-8-20(32-3)22(27-12-13)23-28-21(10-14-4-7-19(31-2)18(26)9-14)29-30(23)15-5-6-16(24)17(25)11-15/h4-9,11-12H,10H2,1-3H3. The van der Waals surface area contributed by atoms with Gasteiger partial charge < -0.3 is 9.47 Å². The molecule has 2 aromatic carbocycles. The van der Waals surface area contributed by atoms with Crippen LogP contribution in [0.2, 0.25) is 0 Å². The van der Waals surface area contributed by atoms with Crippen molar-refractivity contribution in [3.63, 3.8) is 0 Å². The summed E-state index contributed by atoms with van der Waals surface area (Å²) in [5.74, 6) is -1.32. The maximum absolute atomic E-state index is 14.1. The van der Waals surface area contributed by atoms with Gasteiger partial charge in [-0.25, -0.2) is 27.8 Å². The number of methoxy groups -OCH3 is 2. The molecule has 0 bridgehead atoms. The lowest BCUT2D eigenvalue weighted by Gasteiger charge is -2.10. The minimum absolute atomic E-state index is 0.128. The number of ether oxygens (including phenoxy) is 2. The molecule has 0 aliphatic rings. The van der Waals surface area contributed by atoms with Crippen LogP contribution in [0.25, 0.3) is 17.2 Å². The van der Waals surface area contributed by atoms with Crippen LogP contribution in [0.1, 0.15) is 17.0 Å². The van der Waals surface area contributed by atoms with Crippen LogP contribution in [0.15, 0.2) is 48.7 Å². The van der Waals surface area contributed by atoms with E-state index in [9.17, 15) is 13.2 Å². The van der Waals surface area contributed by atoms with E-state index >= 15 is 0 Å². The van der Waals surface area contributed by atoms with Crippen molar-refractivity contribution in [3.05, 3.63) is 83.1 Å². The Morgan fingerprint density at radius 2 is 1.66 bits per heavy atom. The van der Waals surface area contributed by atoms with E-state index in [1.807, 2.05) is 6.92 Å². The summed E-state index contributed by atoms with van der Waals surface area (Å²) >= 11 is 0. The van der Waals surface area contributed by atoms with Crippen LogP contribution in [0.3, 0.4) is 0 Å². The first kappa shape index (κ1) is 21.4. The minimum atomic E-state index is -1.02. The molecule has 0 aliphatic carbocycles. The van der Waals surface area contributed by atoms with Gasteiger partial charge >= 0.3 is 0 Å². The third-order valence-electron chi connectivity index (χ3n) is 4.80. The molecule has 2 aromatic heterocycles. The lowest BCUT2D eigenvalue weighted by atomic mass is 10.1. The van der Waals surface area contributed by atoms with E-state index in [4.69, 9.17) is 9.47 Å². The van der Waals surface area contributed by atoms with Crippen molar-refractivity contribution in [3.8, 4) is 28.7 Å². The summed E-state index contributed by atoms with van der Waals surface area (Å²) in [6.07, 6.45) is 1.83. The summed E-state index contributed by atoms with van der Waals surface area (Å²) in [7, 11) is 2.89. The predicted octanol–water partition coefficient (Wildman–Crippen LogP) is 4.66. The Morgan fingerprint density at radius 3 is 2.34 bits per heavy atom. The van der Waals surface area contributed by atoms with Gasteiger partial charge in [-0.3, -0.25) is 0 Å². The Morgan fingerprint density at radius 1 is 0.875 bits per heavy atom. The molecule has 0 atom stereocenters. The van der Waals surface area contributed by atoms with Crippen LogP contribution < -0.4 is 9.47 Å². The van der Waals surface area contributed by atoms with Crippen molar-refractivity contribution in [2.75, 3.05) is 14.2 Å². The molecule has 0 saturated heterocycles. The molecule has 4 rings (SSSR count). The summed E-state index contributed by atoms with van der Waals surface area (Å²) in [6, 6.07) is 9.74. The number of aryl methyl sites for hydroxylation is 1. The second kappa shape index (κ2) is 8.70. The van der Waals surface area contributed by atoms with Crippen molar-refractivity contribution >= 4 is 0 Å². The van der Waals surface area contributed by atoms with E-state index in [1.165, 1.54) is 37.1 Å². The first-order chi connectivity index (χ1) is 15.4. The van der Waals surface area contributed by atoms with Gasteiger partial charge in [-0.05, 0) is 48.4 Å². The third kappa shape index (κ3) is 4.14. The maximum Gasteiger partial charge on any atom is 0.185 e. The lowest BCUT2D eigenvalue weighted by Crippen LogP contribution is -2.04. The number of pyridine rings is 1. The van der Waals surface area contributed by atoms with E-state index in [1.54, 1.807) is 18.3 Å². The predicted molar refractivity (Wildman–Crippen MR) is 112 cm³/mol. The monoisotopic (exact) mass is 440 g/mol. The van der Waals surface area contributed by atoms with Crippen molar-refractivity contribution in [1.29, 1.82) is 0 Å². The summed E-state index contributed by atoms with van der Waals surface area (Å²) in [5, 5.41) is 4.46. The molecule has 0 saturated carbocycles. The average Bonchev–Trinajstić information content (AvgIpc) is 3.19. The molecular weight excluding hydrogens is 421 g/mol. The van der Waals surface area contributed by atoms with Gasteiger partial charge in [-0.1, -0.05) is 6.07 Å². The van der Waals surface area contributed by atoms with E-state index < -0.39 is 17.5 Å². The van der Waals surface area contributed by atoms with Crippen LogP contribution >= 0.6 is 0 Å². The number of halogens is 3. The Hall–Kier alpha value is -3.88. The molecular formula is C23H19F3N4O2. The molecule has 0 aliphatic heterocycles. The Labute approximate surface area is 182 Å². The van der Waals surface area contributed by atoms with E-state index in [0.29, 0.717) is 22.8 Å². The first-order valence-corrected chi connectivity index (χ1v) is 9.64. The zero-order chi connectivity index (χ0) is 22.8. The molecule has 32 heavy (non-hydrogen) atoms. The lowest BCUT2D eigenvalue weighted by molar-refractivity contribution is 0.386. The second-order valence-electron chi connectivity index (χ2n) is 7.07. The normalized spacial score (nSPS) is 10.9. The molecule has 0 unspecified atom stereocenters. The van der Waals surface area contributed by atoms with Crippen molar-refractivity contribution in [2.45, 2.75) is 13.3 Å². The van der Waals surface area contributed by atoms with Gasteiger partial charge in [-0.2, -0.15) is 5.10 Å². The Bertz CT molecular complexity index is 1290. The van der Waals surface area contributed by atoms with Gasteiger partial charge in [0, 0.05) is 18.7 Å². The molecule has 2 heterocycles. The second-order valence-corrected chi connectivity index (χ2v) is 7.07. The van der Waals surface area contributed by atoms with Crippen molar-refractivity contribution in [1.82, 2.24) is 19.7 Å². The van der Waals surface area contributed by atoms with Gasteiger partial charge in [0.2, 0.25) is 0 Å². The number of rotatable bonds is 6. The van der Waals surface area contributed by atoms with E-state index in [2.05, 4.69) is 15.1 Å².